The number of hydrogen-bond acceptors (Lipinski definition) is 2. The molecular weight excluding hydrogens is 248 g/mol. The van der Waals surface area contributed by atoms with E-state index in [1.807, 2.05) is 6.07 Å². The highest BCUT2D eigenvalue weighted by Crippen LogP contribution is 2.48. The number of benzene rings is 1. The summed E-state index contributed by atoms with van der Waals surface area (Å²) in [6, 6.07) is 11.3. The number of hydrogen-bond donors (Lipinski definition) is 0. The fourth-order valence-corrected chi connectivity index (χ4v) is 3.52. The first kappa shape index (κ1) is 12.4. The van der Waals surface area contributed by atoms with Crippen LogP contribution in [0.2, 0.25) is 0 Å². The van der Waals surface area contributed by atoms with Crippen LogP contribution >= 0.6 is 0 Å². The zero-order chi connectivity index (χ0) is 13.5. The van der Waals surface area contributed by atoms with Gasteiger partial charge < -0.3 is 4.90 Å². The van der Waals surface area contributed by atoms with Crippen molar-refractivity contribution in [3.8, 4) is 0 Å². The van der Waals surface area contributed by atoms with Crippen LogP contribution in [0, 0.1) is 5.92 Å². The molecule has 0 radical (unpaired) electrons. The van der Waals surface area contributed by atoms with Crippen LogP contribution in [-0.2, 0) is 4.79 Å². The zero-order valence-electron chi connectivity index (χ0n) is 11.9. The largest absolute Gasteiger partial charge is 0.340 e. The lowest BCUT2D eigenvalue weighted by Crippen LogP contribution is -2.49. The van der Waals surface area contributed by atoms with Crippen molar-refractivity contribution in [2.45, 2.75) is 31.2 Å². The van der Waals surface area contributed by atoms with Crippen molar-refractivity contribution in [1.29, 1.82) is 0 Å². The van der Waals surface area contributed by atoms with E-state index in [1.165, 1.54) is 18.4 Å². The fourth-order valence-electron chi connectivity index (χ4n) is 3.52. The first-order chi connectivity index (χ1) is 9.83. The molecule has 20 heavy (non-hydrogen) atoms. The normalized spacial score (nSPS) is 30.3. The van der Waals surface area contributed by atoms with Crippen LogP contribution < -0.4 is 0 Å². The van der Waals surface area contributed by atoms with Crippen LogP contribution in [0.25, 0.3) is 0 Å². The molecule has 1 saturated heterocycles. The van der Waals surface area contributed by atoms with Gasteiger partial charge in [-0.1, -0.05) is 30.3 Å². The topological polar surface area (TPSA) is 23.6 Å². The van der Waals surface area contributed by atoms with Crippen LogP contribution in [0.4, 0.5) is 0 Å². The molecule has 1 heterocycles. The minimum Gasteiger partial charge on any atom is -0.340 e. The molecule has 2 atom stereocenters. The van der Waals surface area contributed by atoms with E-state index in [0.29, 0.717) is 11.8 Å². The second kappa shape index (κ2) is 4.88. The Hall–Kier alpha value is -1.35. The maximum Gasteiger partial charge on any atom is 0.226 e. The van der Waals surface area contributed by atoms with E-state index in [-0.39, 0.29) is 5.92 Å². The van der Waals surface area contributed by atoms with Crippen LogP contribution in [0.1, 0.15) is 30.7 Å². The lowest BCUT2D eigenvalue weighted by Gasteiger charge is -2.35. The summed E-state index contributed by atoms with van der Waals surface area (Å²) in [6.07, 6.45) is 3.78. The predicted octanol–water partition coefficient (Wildman–Crippen LogP) is 2.10. The summed E-state index contributed by atoms with van der Waals surface area (Å²) in [5.41, 5.74) is 1.34. The predicted molar refractivity (Wildman–Crippen MR) is 78.5 cm³/mol. The number of nitrogens with zero attached hydrogens (tertiary/aromatic N) is 2. The molecule has 3 heteroatoms. The zero-order valence-corrected chi connectivity index (χ0v) is 11.9. The van der Waals surface area contributed by atoms with Gasteiger partial charge in [0.1, 0.15) is 0 Å². The van der Waals surface area contributed by atoms with Crippen molar-refractivity contribution >= 4 is 5.91 Å². The number of rotatable bonds is 3. The molecular formula is C17H22N2O. The Bertz CT molecular complexity index is 489. The molecule has 0 aromatic heterocycles. The van der Waals surface area contributed by atoms with Crippen LogP contribution in [0.3, 0.4) is 0 Å². The summed E-state index contributed by atoms with van der Waals surface area (Å²) in [4.78, 5) is 17.2. The van der Waals surface area contributed by atoms with Gasteiger partial charge in [-0.2, -0.15) is 0 Å². The molecule has 0 spiro atoms. The van der Waals surface area contributed by atoms with Gasteiger partial charge in [-0.05, 0) is 30.7 Å². The van der Waals surface area contributed by atoms with Crippen LogP contribution in [0.15, 0.2) is 30.3 Å². The highest BCUT2D eigenvalue weighted by molar-refractivity contribution is 5.83. The molecule has 106 valence electrons. The van der Waals surface area contributed by atoms with E-state index in [0.717, 1.165) is 38.6 Å². The Morgan fingerprint density at radius 3 is 2.35 bits per heavy atom. The van der Waals surface area contributed by atoms with Gasteiger partial charge in [0.15, 0.2) is 0 Å². The van der Waals surface area contributed by atoms with Crippen molar-refractivity contribution in [3.05, 3.63) is 35.9 Å². The molecule has 3 fully saturated rings. The van der Waals surface area contributed by atoms with E-state index in [4.69, 9.17) is 0 Å². The number of piperazine rings is 1. The standard InChI is InChI=1S/C17H22N2O/c20-17(16-12-15(16)13-4-2-1-3-5-13)19-10-8-18(9-11-19)14-6-7-14/h1-5,14-16H,6-12H2/t15-,16+/m1/s1. The second-order valence-electron chi connectivity index (χ2n) is 6.45. The lowest BCUT2D eigenvalue weighted by molar-refractivity contribution is -0.134. The first-order valence-corrected chi connectivity index (χ1v) is 7.91. The smallest absolute Gasteiger partial charge is 0.226 e. The molecule has 0 bridgehead atoms. The van der Waals surface area contributed by atoms with E-state index in [9.17, 15) is 4.79 Å². The SMILES string of the molecule is O=C([C@H]1C[C@@H]1c1ccccc1)N1CCN(C2CC2)CC1. The number of carbonyl (C=O) groups is 1. The van der Waals surface area contributed by atoms with E-state index >= 15 is 0 Å². The van der Waals surface area contributed by atoms with Crippen LogP contribution in [-0.4, -0.2) is 47.9 Å². The summed E-state index contributed by atoms with van der Waals surface area (Å²) in [6.45, 7) is 4.04. The Kier molecular flexibility index (Phi) is 3.03. The summed E-state index contributed by atoms with van der Waals surface area (Å²) in [7, 11) is 0. The maximum absolute atomic E-state index is 12.5. The molecule has 1 aromatic carbocycles. The summed E-state index contributed by atoms with van der Waals surface area (Å²) in [5, 5.41) is 0. The maximum atomic E-state index is 12.5. The summed E-state index contributed by atoms with van der Waals surface area (Å²) in [5.74, 6) is 1.13. The molecule has 2 saturated carbocycles. The molecule has 2 aliphatic carbocycles. The molecule has 3 aliphatic rings. The summed E-state index contributed by atoms with van der Waals surface area (Å²) >= 11 is 0. The third kappa shape index (κ3) is 2.35. The van der Waals surface area contributed by atoms with Crippen molar-refractivity contribution in [2.75, 3.05) is 26.2 Å². The van der Waals surface area contributed by atoms with E-state index in [1.54, 1.807) is 0 Å². The van der Waals surface area contributed by atoms with Gasteiger partial charge in [0.2, 0.25) is 5.91 Å². The van der Waals surface area contributed by atoms with Crippen molar-refractivity contribution in [3.63, 3.8) is 0 Å². The lowest BCUT2D eigenvalue weighted by atomic mass is 10.1. The molecule has 0 unspecified atom stereocenters. The Morgan fingerprint density at radius 2 is 1.70 bits per heavy atom. The monoisotopic (exact) mass is 270 g/mol. The van der Waals surface area contributed by atoms with Crippen LogP contribution in [0.5, 0.6) is 0 Å². The van der Waals surface area contributed by atoms with Gasteiger partial charge >= 0.3 is 0 Å². The Morgan fingerprint density at radius 1 is 1.00 bits per heavy atom. The average molecular weight is 270 g/mol. The van der Waals surface area contributed by atoms with Crippen molar-refractivity contribution < 1.29 is 4.79 Å². The highest BCUT2D eigenvalue weighted by Gasteiger charge is 2.46. The first-order valence-electron chi connectivity index (χ1n) is 7.91. The summed E-state index contributed by atoms with van der Waals surface area (Å²) < 4.78 is 0. The molecule has 1 aromatic rings. The minimum absolute atomic E-state index is 0.255. The molecule has 0 N–H and O–H groups in total. The molecule has 1 aliphatic heterocycles. The van der Waals surface area contributed by atoms with Gasteiger partial charge in [-0.25, -0.2) is 0 Å². The number of amides is 1. The van der Waals surface area contributed by atoms with Crippen molar-refractivity contribution in [2.24, 2.45) is 5.92 Å². The van der Waals surface area contributed by atoms with E-state index < -0.39 is 0 Å². The third-order valence-corrected chi connectivity index (χ3v) is 5.02. The van der Waals surface area contributed by atoms with Gasteiger partial charge in [-0.15, -0.1) is 0 Å². The fraction of sp³-hybridized carbons (Fsp3) is 0.588. The van der Waals surface area contributed by atoms with Gasteiger partial charge in [-0.3, -0.25) is 9.69 Å². The second-order valence-corrected chi connectivity index (χ2v) is 6.45. The quantitative estimate of drug-likeness (QED) is 0.840. The minimum atomic E-state index is 0.255. The van der Waals surface area contributed by atoms with Gasteiger partial charge in [0.25, 0.3) is 0 Å². The molecule has 4 rings (SSSR count). The number of carbonyl (C=O) groups excluding carboxylic acids is 1. The van der Waals surface area contributed by atoms with Gasteiger partial charge in [0.05, 0.1) is 0 Å². The average Bonchev–Trinajstić information content (AvgIpc) is 3.41. The van der Waals surface area contributed by atoms with E-state index in [2.05, 4.69) is 34.1 Å². The molecule has 3 nitrogen and oxygen atoms in total. The molecule has 1 amide bonds. The third-order valence-electron chi connectivity index (χ3n) is 5.02. The Labute approximate surface area is 120 Å². The van der Waals surface area contributed by atoms with Gasteiger partial charge in [0, 0.05) is 38.1 Å². The Balaban J connectivity index is 1.33. The highest BCUT2D eigenvalue weighted by atomic mass is 16.2. The van der Waals surface area contributed by atoms with Crippen molar-refractivity contribution in [1.82, 2.24) is 9.80 Å².